The van der Waals surface area contributed by atoms with Crippen LogP contribution in [0.25, 0.3) is 0 Å². The van der Waals surface area contributed by atoms with Crippen molar-refractivity contribution in [3.8, 4) is 0 Å². The molecule has 0 bridgehead atoms. The fourth-order valence-corrected chi connectivity index (χ4v) is 7.13. The van der Waals surface area contributed by atoms with Crippen LogP contribution in [0, 0.1) is 35.0 Å². The molecule has 3 aliphatic carbocycles. The second-order valence-corrected chi connectivity index (χ2v) is 13.7. The monoisotopic (exact) mass is 603 g/mol. The second kappa shape index (κ2) is 10.6. The number of alkyl halides is 4. The molecule has 0 aromatic carbocycles. The molecule has 0 aromatic rings. The van der Waals surface area contributed by atoms with Crippen LogP contribution >= 0.6 is 11.6 Å². The minimum absolute atomic E-state index is 0.0127. The van der Waals surface area contributed by atoms with Crippen molar-refractivity contribution in [1.82, 2.24) is 26.0 Å². The molecule has 5 rings (SSSR count). The SMILES string of the molecule is CC(C)(C)[C@H](NC(=O)[C@@H]1CC1(F)F)C(=O)N1C[C@@H]2CCC[C@@H]2[C@H]1C(=O)NN(C[C@@H]1C(=O)N[C@@H]2CC[C@H]12)C(=O)[C@@H](F)Cl. The smallest absolute Gasteiger partial charge is 0.291 e. The summed E-state index contributed by atoms with van der Waals surface area (Å²) in [4.78, 5) is 66.9. The number of nitrogens with zero attached hydrogens (tertiary/aromatic N) is 2. The molecule has 5 amide bonds. The molecule has 5 aliphatic rings. The predicted octanol–water partition coefficient (Wildman–Crippen LogP) is 1.72. The fourth-order valence-electron chi connectivity index (χ4n) is 7.02. The van der Waals surface area contributed by atoms with Crippen molar-refractivity contribution < 1.29 is 37.1 Å². The van der Waals surface area contributed by atoms with Crippen molar-refractivity contribution in [2.45, 2.75) is 89.0 Å². The van der Waals surface area contributed by atoms with Crippen molar-refractivity contribution in [2.75, 3.05) is 13.1 Å². The van der Waals surface area contributed by atoms with Gasteiger partial charge in [-0.3, -0.25) is 29.4 Å². The lowest BCUT2D eigenvalue weighted by Gasteiger charge is -2.37. The van der Waals surface area contributed by atoms with E-state index in [0.717, 1.165) is 30.7 Å². The highest BCUT2D eigenvalue weighted by molar-refractivity contribution is 6.29. The quantitative estimate of drug-likeness (QED) is 0.302. The molecule has 3 saturated carbocycles. The first-order chi connectivity index (χ1) is 19.1. The van der Waals surface area contributed by atoms with Crippen LogP contribution in [0.15, 0.2) is 0 Å². The molecule has 2 heterocycles. The van der Waals surface area contributed by atoms with Crippen LogP contribution in [-0.4, -0.2) is 82.2 Å². The maximum atomic E-state index is 14.0. The number of rotatable bonds is 7. The molecule has 9 atom stereocenters. The number of carbonyl (C=O) groups is 5. The number of carbonyl (C=O) groups excluding carboxylic acids is 5. The van der Waals surface area contributed by atoms with E-state index >= 15 is 0 Å². The Morgan fingerprint density at radius 1 is 1.12 bits per heavy atom. The molecule has 2 saturated heterocycles. The van der Waals surface area contributed by atoms with E-state index in [9.17, 15) is 37.1 Å². The van der Waals surface area contributed by atoms with Gasteiger partial charge < -0.3 is 15.5 Å². The third kappa shape index (κ3) is 5.62. The lowest BCUT2D eigenvalue weighted by Crippen LogP contribution is -2.61. The van der Waals surface area contributed by atoms with Crippen molar-refractivity contribution in [3.63, 3.8) is 0 Å². The number of fused-ring (bicyclic) bond motifs is 2. The number of halogens is 4. The minimum Gasteiger partial charge on any atom is -0.353 e. The van der Waals surface area contributed by atoms with Gasteiger partial charge >= 0.3 is 0 Å². The van der Waals surface area contributed by atoms with Gasteiger partial charge in [0, 0.05) is 19.0 Å². The van der Waals surface area contributed by atoms with Gasteiger partial charge in [0.15, 0.2) is 0 Å². The zero-order valence-corrected chi connectivity index (χ0v) is 24.1. The molecule has 228 valence electrons. The van der Waals surface area contributed by atoms with Crippen molar-refractivity contribution >= 4 is 41.1 Å². The van der Waals surface area contributed by atoms with Crippen LogP contribution in [0.2, 0.25) is 0 Å². The average molecular weight is 604 g/mol. The van der Waals surface area contributed by atoms with Crippen molar-refractivity contribution in [1.29, 1.82) is 0 Å². The van der Waals surface area contributed by atoms with Gasteiger partial charge in [0.05, 0.1) is 12.5 Å². The zero-order valence-electron chi connectivity index (χ0n) is 23.3. The molecule has 0 radical (unpaired) electrons. The van der Waals surface area contributed by atoms with Gasteiger partial charge in [0.2, 0.25) is 17.7 Å². The summed E-state index contributed by atoms with van der Waals surface area (Å²) in [5, 5.41) is 6.09. The molecule has 0 unspecified atom stereocenters. The molecule has 0 aromatic heterocycles. The van der Waals surface area contributed by atoms with E-state index in [1.54, 1.807) is 20.8 Å². The highest BCUT2D eigenvalue weighted by atomic mass is 35.5. The van der Waals surface area contributed by atoms with Gasteiger partial charge in [0.25, 0.3) is 23.4 Å². The first-order valence-corrected chi connectivity index (χ1v) is 14.7. The van der Waals surface area contributed by atoms with Gasteiger partial charge in [-0.25, -0.2) is 18.2 Å². The number of amides is 5. The van der Waals surface area contributed by atoms with Gasteiger partial charge in [-0.15, -0.1) is 0 Å². The summed E-state index contributed by atoms with van der Waals surface area (Å²) in [6.07, 6.45) is 3.22. The molecular formula is C27H37ClF3N5O5. The Balaban J connectivity index is 1.36. The van der Waals surface area contributed by atoms with E-state index in [1.807, 2.05) is 0 Å². The van der Waals surface area contributed by atoms with Gasteiger partial charge in [-0.2, -0.15) is 0 Å². The highest BCUT2D eigenvalue weighted by Gasteiger charge is 2.62. The van der Waals surface area contributed by atoms with Crippen molar-refractivity contribution in [3.05, 3.63) is 0 Å². The number of hydrazine groups is 1. The standard InChI is InChI=1S/C27H37ClF3N5O5/c1-26(2,3)19(33-22(38)16-9-27(16,30)31)24(40)35-10-12-5-4-6-13(12)18(35)23(39)34-36(25(41)20(28)29)11-15-14-7-8-17(14)32-21(15)37/h12-20H,4-11H2,1-3H3,(H,32,37)(H,33,38)(H,34,39)/t12-,13-,14+,15-,16-,17+,18-,19+,20+/m0/s1. The Morgan fingerprint density at radius 3 is 2.34 bits per heavy atom. The molecule has 2 aliphatic heterocycles. The minimum atomic E-state index is -3.11. The van der Waals surface area contributed by atoms with E-state index in [2.05, 4.69) is 16.1 Å². The van der Waals surface area contributed by atoms with E-state index in [4.69, 9.17) is 11.6 Å². The Morgan fingerprint density at radius 2 is 1.80 bits per heavy atom. The van der Waals surface area contributed by atoms with E-state index < -0.39 is 70.9 Å². The number of hydrogen-bond acceptors (Lipinski definition) is 5. The maximum absolute atomic E-state index is 14.0. The molecular weight excluding hydrogens is 567 g/mol. The van der Waals surface area contributed by atoms with Crippen LogP contribution in [0.5, 0.6) is 0 Å². The zero-order chi connectivity index (χ0) is 30.0. The summed E-state index contributed by atoms with van der Waals surface area (Å²) in [6.45, 7) is 5.02. The lowest BCUT2D eigenvalue weighted by atomic mass is 9.75. The molecule has 3 N–H and O–H groups in total. The average Bonchev–Trinajstić information content (AvgIpc) is 3.14. The van der Waals surface area contributed by atoms with Crippen LogP contribution in [0.1, 0.15) is 59.3 Å². The topological polar surface area (TPSA) is 128 Å². The first-order valence-electron chi connectivity index (χ1n) is 14.3. The maximum Gasteiger partial charge on any atom is 0.291 e. The van der Waals surface area contributed by atoms with Crippen LogP contribution < -0.4 is 16.1 Å². The van der Waals surface area contributed by atoms with Crippen LogP contribution in [0.4, 0.5) is 13.2 Å². The Bertz CT molecular complexity index is 1130. The van der Waals surface area contributed by atoms with Gasteiger partial charge in [0.1, 0.15) is 18.0 Å². The summed E-state index contributed by atoms with van der Waals surface area (Å²) in [5.74, 6) is -9.28. The molecule has 5 fully saturated rings. The van der Waals surface area contributed by atoms with Crippen molar-refractivity contribution in [2.24, 2.45) is 35.0 Å². The molecule has 14 heteroatoms. The van der Waals surface area contributed by atoms with E-state index in [-0.39, 0.29) is 42.8 Å². The first kappa shape index (κ1) is 29.9. The fraction of sp³-hybridized carbons (Fsp3) is 0.815. The lowest BCUT2D eigenvalue weighted by molar-refractivity contribution is -0.151. The highest BCUT2D eigenvalue weighted by Crippen LogP contribution is 2.49. The van der Waals surface area contributed by atoms with E-state index in [0.29, 0.717) is 6.42 Å². The molecule has 10 nitrogen and oxygen atoms in total. The van der Waals surface area contributed by atoms with Gasteiger partial charge in [-0.1, -0.05) is 38.8 Å². The molecule has 41 heavy (non-hydrogen) atoms. The largest absolute Gasteiger partial charge is 0.353 e. The van der Waals surface area contributed by atoms with Gasteiger partial charge in [-0.05, 0) is 48.9 Å². The Hall–Kier alpha value is -2.57. The third-order valence-electron chi connectivity index (χ3n) is 9.57. The summed E-state index contributed by atoms with van der Waals surface area (Å²) in [7, 11) is 0. The second-order valence-electron chi connectivity index (χ2n) is 13.3. The summed E-state index contributed by atoms with van der Waals surface area (Å²) in [6, 6.07) is -2.25. The number of nitrogens with one attached hydrogen (secondary N) is 3. The van der Waals surface area contributed by atoms with Crippen LogP contribution in [-0.2, 0) is 24.0 Å². The molecule has 0 spiro atoms. The normalized spacial score (nSPS) is 34.5. The summed E-state index contributed by atoms with van der Waals surface area (Å²) in [5.41, 5.74) is -0.866. The number of likely N-dealkylation sites (tertiary alicyclic amines) is 1. The summed E-state index contributed by atoms with van der Waals surface area (Å²) >= 11 is 5.46. The predicted molar refractivity (Wildman–Crippen MR) is 140 cm³/mol. The summed E-state index contributed by atoms with van der Waals surface area (Å²) < 4.78 is 41.2. The Labute approximate surface area is 241 Å². The number of hydrogen-bond donors (Lipinski definition) is 3. The van der Waals surface area contributed by atoms with E-state index in [1.165, 1.54) is 4.90 Å². The third-order valence-corrected chi connectivity index (χ3v) is 9.76. The Kier molecular flexibility index (Phi) is 7.74. The van der Waals surface area contributed by atoms with Crippen LogP contribution in [0.3, 0.4) is 0 Å².